The van der Waals surface area contributed by atoms with E-state index in [0.717, 1.165) is 0 Å². The second-order valence-electron chi connectivity index (χ2n) is 6.14. The highest BCUT2D eigenvalue weighted by atomic mass is 19.1. The van der Waals surface area contributed by atoms with Gasteiger partial charge in [-0.1, -0.05) is 12.1 Å². The second-order valence-corrected chi connectivity index (χ2v) is 6.14. The van der Waals surface area contributed by atoms with E-state index in [1.54, 1.807) is 12.1 Å². The molecule has 0 saturated carbocycles. The SMILES string of the molecule is CC(C)NC(=O)Nc1ccc(C(=O)NNC(=O)Cc2ccc(F)cc2)cc1. The first-order chi connectivity index (χ1) is 12.8. The Kier molecular flexibility index (Phi) is 6.87. The zero-order valence-electron chi connectivity index (χ0n) is 15.0. The summed E-state index contributed by atoms with van der Waals surface area (Å²) in [6, 6.07) is 11.4. The smallest absolute Gasteiger partial charge is 0.319 e. The average molecular weight is 372 g/mol. The van der Waals surface area contributed by atoms with Crippen molar-refractivity contribution in [1.82, 2.24) is 16.2 Å². The van der Waals surface area contributed by atoms with Gasteiger partial charge in [-0.2, -0.15) is 0 Å². The number of amides is 4. The third-order valence-electron chi connectivity index (χ3n) is 3.42. The molecule has 2 rings (SSSR count). The van der Waals surface area contributed by atoms with Gasteiger partial charge in [0.05, 0.1) is 6.42 Å². The van der Waals surface area contributed by atoms with Gasteiger partial charge in [0.1, 0.15) is 5.82 Å². The zero-order valence-corrected chi connectivity index (χ0v) is 15.0. The molecule has 2 aromatic rings. The van der Waals surface area contributed by atoms with E-state index < -0.39 is 11.8 Å². The minimum atomic E-state index is -0.499. The minimum absolute atomic E-state index is 0.00794. The normalized spacial score (nSPS) is 10.2. The van der Waals surface area contributed by atoms with Crippen LogP contribution < -0.4 is 21.5 Å². The number of urea groups is 1. The minimum Gasteiger partial charge on any atom is -0.336 e. The van der Waals surface area contributed by atoms with Gasteiger partial charge in [-0.25, -0.2) is 9.18 Å². The molecule has 0 unspecified atom stereocenters. The van der Waals surface area contributed by atoms with Crippen LogP contribution in [0.5, 0.6) is 0 Å². The van der Waals surface area contributed by atoms with Crippen molar-refractivity contribution in [1.29, 1.82) is 0 Å². The molecule has 8 heteroatoms. The summed E-state index contributed by atoms with van der Waals surface area (Å²) in [5, 5.41) is 5.33. The summed E-state index contributed by atoms with van der Waals surface area (Å²) < 4.78 is 12.8. The summed E-state index contributed by atoms with van der Waals surface area (Å²) in [4.78, 5) is 35.5. The lowest BCUT2D eigenvalue weighted by molar-refractivity contribution is -0.121. The van der Waals surface area contributed by atoms with Gasteiger partial charge in [0.15, 0.2) is 0 Å². The third kappa shape index (κ3) is 6.77. The molecule has 7 nitrogen and oxygen atoms in total. The summed E-state index contributed by atoms with van der Waals surface area (Å²) in [5.74, 6) is -1.31. The lowest BCUT2D eigenvalue weighted by Gasteiger charge is -2.11. The number of carbonyl (C=O) groups excluding carboxylic acids is 3. The van der Waals surface area contributed by atoms with Gasteiger partial charge in [0.2, 0.25) is 5.91 Å². The first-order valence-electron chi connectivity index (χ1n) is 8.34. The zero-order chi connectivity index (χ0) is 19.8. The van der Waals surface area contributed by atoms with Crippen LogP contribution in [-0.4, -0.2) is 23.9 Å². The molecule has 0 radical (unpaired) electrons. The highest BCUT2D eigenvalue weighted by Gasteiger charge is 2.09. The lowest BCUT2D eigenvalue weighted by atomic mass is 10.1. The molecule has 0 fully saturated rings. The van der Waals surface area contributed by atoms with Crippen LogP contribution in [0, 0.1) is 5.82 Å². The summed E-state index contributed by atoms with van der Waals surface area (Å²) in [5.41, 5.74) is 6.07. The van der Waals surface area contributed by atoms with Crippen molar-refractivity contribution in [2.45, 2.75) is 26.3 Å². The first-order valence-corrected chi connectivity index (χ1v) is 8.34. The maximum atomic E-state index is 12.8. The van der Waals surface area contributed by atoms with Crippen LogP contribution >= 0.6 is 0 Å². The van der Waals surface area contributed by atoms with Crippen LogP contribution in [0.2, 0.25) is 0 Å². The van der Waals surface area contributed by atoms with Crippen LogP contribution in [0.15, 0.2) is 48.5 Å². The van der Waals surface area contributed by atoms with E-state index in [-0.39, 0.29) is 24.3 Å². The van der Waals surface area contributed by atoms with Crippen molar-refractivity contribution < 1.29 is 18.8 Å². The van der Waals surface area contributed by atoms with Gasteiger partial charge in [0, 0.05) is 17.3 Å². The van der Waals surface area contributed by atoms with Crippen molar-refractivity contribution in [2.75, 3.05) is 5.32 Å². The quantitative estimate of drug-likeness (QED) is 0.606. The maximum absolute atomic E-state index is 12.8. The molecule has 2 aromatic carbocycles. The van der Waals surface area contributed by atoms with Crippen molar-refractivity contribution in [3.8, 4) is 0 Å². The van der Waals surface area contributed by atoms with Gasteiger partial charge in [-0.05, 0) is 55.8 Å². The molecule has 0 spiro atoms. The Balaban J connectivity index is 1.82. The van der Waals surface area contributed by atoms with Gasteiger partial charge < -0.3 is 10.6 Å². The fourth-order valence-electron chi connectivity index (χ4n) is 2.16. The van der Waals surface area contributed by atoms with E-state index in [0.29, 0.717) is 16.8 Å². The van der Waals surface area contributed by atoms with E-state index in [9.17, 15) is 18.8 Å². The summed E-state index contributed by atoms with van der Waals surface area (Å²) in [6.07, 6.45) is 0.00831. The Bertz CT molecular complexity index is 805. The Morgan fingerprint density at radius 2 is 1.56 bits per heavy atom. The number of hydrogen-bond donors (Lipinski definition) is 4. The fourth-order valence-corrected chi connectivity index (χ4v) is 2.16. The Morgan fingerprint density at radius 3 is 2.15 bits per heavy atom. The molecule has 0 aliphatic heterocycles. The molecule has 0 aliphatic carbocycles. The standard InChI is InChI=1S/C19H21FN4O3/c1-12(2)21-19(27)22-16-9-5-14(6-10-16)18(26)24-23-17(25)11-13-3-7-15(20)8-4-13/h3-10,12H,11H2,1-2H3,(H,23,25)(H,24,26)(H2,21,22,27). The molecular weight excluding hydrogens is 351 g/mol. The lowest BCUT2D eigenvalue weighted by Crippen LogP contribution is -2.42. The van der Waals surface area contributed by atoms with Crippen molar-refractivity contribution >= 4 is 23.5 Å². The highest BCUT2D eigenvalue weighted by molar-refractivity contribution is 5.96. The molecular formula is C19H21FN4O3. The predicted molar refractivity (Wildman–Crippen MR) is 99.4 cm³/mol. The molecule has 0 atom stereocenters. The van der Waals surface area contributed by atoms with E-state index in [1.807, 2.05) is 13.8 Å². The van der Waals surface area contributed by atoms with E-state index in [4.69, 9.17) is 0 Å². The molecule has 4 N–H and O–H groups in total. The van der Waals surface area contributed by atoms with Gasteiger partial charge in [0.25, 0.3) is 5.91 Å². The summed E-state index contributed by atoms with van der Waals surface area (Å²) >= 11 is 0. The monoisotopic (exact) mass is 372 g/mol. The summed E-state index contributed by atoms with van der Waals surface area (Å²) in [6.45, 7) is 3.69. The highest BCUT2D eigenvalue weighted by Crippen LogP contribution is 2.09. The molecule has 0 saturated heterocycles. The molecule has 27 heavy (non-hydrogen) atoms. The van der Waals surface area contributed by atoms with Crippen molar-refractivity contribution in [3.63, 3.8) is 0 Å². The number of hydrogen-bond acceptors (Lipinski definition) is 3. The number of anilines is 1. The van der Waals surface area contributed by atoms with Crippen LogP contribution in [0.4, 0.5) is 14.9 Å². The molecule has 0 heterocycles. The van der Waals surface area contributed by atoms with Gasteiger partial charge in [-0.3, -0.25) is 20.4 Å². The maximum Gasteiger partial charge on any atom is 0.319 e. The fraction of sp³-hybridized carbons (Fsp3) is 0.211. The first kappa shape index (κ1) is 19.9. The topological polar surface area (TPSA) is 99.3 Å². The molecule has 4 amide bonds. The van der Waals surface area contributed by atoms with Crippen molar-refractivity contribution in [3.05, 3.63) is 65.5 Å². The Labute approximate surface area is 156 Å². The van der Waals surface area contributed by atoms with E-state index in [1.165, 1.54) is 36.4 Å². The third-order valence-corrected chi connectivity index (χ3v) is 3.42. The molecule has 142 valence electrons. The number of rotatable bonds is 5. The number of hydrazine groups is 1. The van der Waals surface area contributed by atoms with Gasteiger partial charge >= 0.3 is 6.03 Å². The second kappa shape index (κ2) is 9.33. The number of nitrogens with one attached hydrogen (secondary N) is 4. The van der Waals surface area contributed by atoms with Crippen LogP contribution in [0.25, 0.3) is 0 Å². The summed E-state index contributed by atoms with van der Waals surface area (Å²) in [7, 11) is 0. The molecule has 0 bridgehead atoms. The van der Waals surface area contributed by atoms with Crippen LogP contribution in [0.1, 0.15) is 29.8 Å². The van der Waals surface area contributed by atoms with Gasteiger partial charge in [-0.15, -0.1) is 0 Å². The molecule has 0 aliphatic rings. The number of carbonyl (C=O) groups is 3. The number of benzene rings is 2. The Hall–Kier alpha value is -3.42. The van der Waals surface area contributed by atoms with Crippen LogP contribution in [0.3, 0.4) is 0 Å². The van der Waals surface area contributed by atoms with E-state index >= 15 is 0 Å². The predicted octanol–water partition coefficient (Wildman–Crippen LogP) is 2.36. The number of halogens is 1. The van der Waals surface area contributed by atoms with Crippen molar-refractivity contribution in [2.24, 2.45) is 0 Å². The largest absolute Gasteiger partial charge is 0.336 e. The van der Waals surface area contributed by atoms with E-state index in [2.05, 4.69) is 21.5 Å². The van der Waals surface area contributed by atoms with Crippen LogP contribution in [-0.2, 0) is 11.2 Å². The molecule has 0 aromatic heterocycles. The Morgan fingerprint density at radius 1 is 0.926 bits per heavy atom. The average Bonchev–Trinajstić information content (AvgIpc) is 2.61.